The molecule has 3 rings (SSSR count). The van der Waals surface area contributed by atoms with Crippen molar-refractivity contribution in [1.82, 2.24) is 9.62 Å². The molecule has 0 saturated carbocycles. The average Bonchev–Trinajstić information content (AvgIpc) is 2.71. The van der Waals surface area contributed by atoms with Crippen molar-refractivity contribution in [2.75, 3.05) is 13.1 Å². The van der Waals surface area contributed by atoms with Gasteiger partial charge in [-0.2, -0.15) is 0 Å². The first-order chi connectivity index (χ1) is 13.8. The van der Waals surface area contributed by atoms with Gasteiger partial charge >= 0.3 is 0 Å². The van der Waals surface area contributed by atoms with Crippen LogP contribution in [0.25, 0.3) is 0 Å². The normalized spacial score (nSPS) is 17.1. The van der Waals surface area contributed by atoms with E-state index in [1.165, 1.54) is 4.31 Å². The van der Waals surface area contributed by atoms with Crippen LogP contribution in [-0.4, -0.2) is 31.7 Å². The number of nitrogens with zero attached hydrogens (tertiary/aromatic N) is 1. The molecule has 1 atom stereocenters. The van der Waals surface area contributed by atoms with Gasteiger partial charge in [-0.05, 0) is 37.5 Å². The average molecular weight is 455 g/mol. The molecular formula is C21H24Cl2N2O3S. The second kappa shape index (κ2) is 9.47. The fourth-order valence-corrected chi connectivity index (χ4v) is 5.81. The van der Waals surface area contributed by atoms with Gasteiger partial charge in [-0.15, -0.1) is 0 Å². The van der Waals surface area contributed by atoms with E-state index in [4.69, 9.17) is 23.2 Å². The third kappa shape index (κ3) is 5.51. The predicted molar refractivity (Wildman–Crippen MR) is 116 cm³/mol. The van der Waals surface area contributed by atoms with Crippen LogP contribution in [0.1, 0.15) is 36.9 Å². The summed E-state index contributed by atoms with van der Waals surface area (Å²) in [5, 5.41) is 3.71. The summed E-state index contributed by atoms with van der Waals surface area (Å²) in [6, 6.07) is 14.6. The standard InChI is InChI=1S/C21H24Cl2N2O3S/c1-15(16-6-3-2-4-7-16)24-21(26)17-10-12-25(13-11-17)29(27,28)14-18-19(22)8-5-9-20(18)23/h2-9,15,17H,10-14H2,1H3,(H,24,26)/t15-/m1/s1. The summed E-state index contributed by atoms with van der Waals surface area (Å²) in [5.74, 6) is -0.475. The maximum Gasteiger partial charge on any atom is 0.223 e. The van der Waals surface area contributed by atoms with Crippen LogP contribution >= 0.6 is 23.2 Å². The van der Waals surface area contributed by atoms with Gasteiger partial charge in [0.15, 0.2) is 0 Å². The van der Waals surface area contributed by atoms with Crippen molar-refractivity contribution in [1.29, 1.82) is 0 Å². The van der Waals surface area contributed by atoms with Gasteiger partial charge in [0.2, 0.25) is 15.9 Å². The number of hydrogen-bond acceptors (Lipinski definition) is 3. The molecule has 2 aromatic rings. The number of rotatable bonds is 6. The number of carbonyl (C=O) groups excluding carboxylic acids is 1. The first-order valence-electron chi connectivity index (χ1n) is 9.54. The number of sulfonamides is 1. The molecule has 1 heterocycles. The molecule has 0 aliphatic carbocycles. The molecule has 1 saturated heterocycles. The molecule has 8 heteroatoms. The lowest BCUT2D eigenvalue weighted by atomic mass is 9.96. The minimum absolute atomic E-state index is 0.0347. The Hall–Kier alpha value is -1.60. The van der Waals surface area contributed by atoms with Crippen molar-refractivity contribution in [2.45, 2.75) is 31.6 Å². The van der Waals surface area contributed by atoms with E-state index >= 15 is 0 Å². The summed E-state index contributed by atoms with van der Waals surface area (Å²) in [6.07, 6.45) is 0.978. The maximum absolute atomic E-state index is 12.8. The van der Waals surface area contributed by atoms with Crippen LogP contribution in [0.15, 0.2) is 48.5 Å². The van der Waals surface area contributed by atoms with Crippen LogP contribution in [0.5, 0.6) is 0 Å². The Labute approximate surface area is 182 Å². The molecule has 0 radical (unpaired) electrons. The van der Waals surface area contributed by atoms with Gasteiger partial charge in [-0.3, -0.25) is 4.79 Å². The molecule has 1 N–H and O–H groups in total. The van der Waals surface area contributed by atoms with Crippen molar-refractivity contribution in [3.63, 3.8) is 0 Å². The van der Waals surface area contributed by atoms with Gasteiger partial charge in [0.25, 0.3) is 0 Å². The predicted octanol–water partition coefficient (Wildman–Crippen LogP) is 4.41. The molecule has 1 amide bonds. The Bertz CT molecular complexity index is 939. The number of benzene rings is 2. The second-order valence-electron chi connectivity index (χ2n) is 7.27. The summed E-state index contributed by atoms with van der Waals surface area (Å²) in [4.78, 5) is 12.6. The van der Waals surface area contributed by atoms with Crippen molar-refractivity contribution >= 4 is 39.1 Å². The van der Waals surface area contributed by atoms with E-state index in [1.54, 1.807) is 18.2 Å². The fourth-order valence-electron chi connectivity index (χ4n) is 3.50. The Kier molecular flexibility index (Phi) is 7.22. The van der Waals surface area contributed by atoms with Crippen LogP contribution in [0.2, 0.25) is 10.0 Å². The third-order valence-corrected chi connectivity index (χ3v) is 7.78. The largest absolute Gasteiger partial charge is 0.349 e. The second-order valence-corrected chi connectivity index (χ2v) is 10.1. The lowest BCUT2D eigenvalue weighted by Gasteiger charge is -2.31. The summed E-state index contributed by atoms with van der Waals surface area (Å²) < 4.78 is 27.0. The number of hydrogen-bond donors (Lipinski definition) is 1. The topological polar surface area (TPSA) is 66.5 Å². The van der Waals surface area contributed by atoms with Crippen LogP contribution in [0, 0.1) is 5.92 Å². The first-order valence-corrected chi connectivity index (χ1v) is 11.9. The molecule has 0 aromatic heterocycles. The number of piperidine rings is 1. The van der Waals surface area contributed by atoms with E-state index in [0.29, 0.717) is 41.5 Å². The Balaban J connectivity index is 1.57. The molecule has 156 valence electrons. The van der Waals surface area contributed by atoms with E-state index in [9.17, 15) is 13.2 Å². The number of carbonyl (C=O) groups is 1. The van der Waals surface area contributed by atoms with Gasteiger partial charge in [-0.25, -0.2) is 12.7 Å². The summed E-state index contributed by atoms with van der Waals surface area (Å²) in [6.45, 7) is 2.56. The van der Waals surface area contributed by atoms with Crippen LogP contribution in [-0.2, 0) is 20.6 Å². The first kappa shape index (κ1) is 22.1. The number of halogens is 2. The highest BCUT2D eigenvalue weighted by molar-refractivity contribution is 7.88. The summed E-state index contributed by atoms with van der Waals surface area (Å²) in [7, 11) is -3.56. The molecule has 1 aliphatic heterocycles. The highest BCUT2D eigenvalue weighted by Gasteiger charge is 2.32. The monoisotopic (exact) mass is 454 g/mol. The Morgan fingerprint density at radius 3 is 2.24 bits per heavy atom. The molecular weight excluding hydrogens is 431 g/mol. The molecule has 0 spiro atoms. The van der Waals surface area contributed by atoms with E-state index in [2.05, 4.69) is 5.32 Å². The fraction of sp³-hybridized carbons (Fsp3) is 0.381. The van der Waals surface area contributed by atoms with Crippen LogP contribution in [0.3, 0.4) is 0 Å². The number of amides is 1. The van der Waals surface area contributed by atoms with Gasteiger partial charge in [0.05, 0.1) is 11.8 Å². The third-order valence-electron chi connectivity index (χ3n) is 5.26. The quantitative estimate of drug-likeness (QED) is 0.702. The SMILES string of the molecule is C[C@@H](NC(=O)C1CCN(S(=O)(=O)Cc2c(Cl)cccc2Cl)CC1)c1ccccc1. The highest BCUT2D eigenvalue weighted by Crippen LogP contribution is 2.29. The Morgan fingerprint density at radius 1 is 1.07 bits per heavy atom. The lowest BCUT2D eigenvalue weighted by molar-refractivity contribution is -0.126. The molecule has 1 fully saturated rings. The van der Waals surface area contributed by atoms with Gasteiger partial charge in [-0.1, -0.05) is 59.6 Å². The molecule has 29 heavy (non-hydrogen) atoms. The van der Waals surface area contributed by atoms with Gasteiger partial charge < -0.3 is 5.32 Å². The molecule has 2 aromatic carbocycles. The van der Waals surface area contributed by atoms with Gasteiger partial charge in [0.1, 0.15) is 0 Å². The summed E-state index contributed by atoms with van der Waals surface area (Å²) in [5.41, 5.74) is 1.45. The molecule has 0 bridgehead atoms. The highest BCUT2D eigenvalue weighted by atomic mass is 35.5. The minimum Gasteiger partial charge on any atom is -0.349 e. The minimum atomic E-state index is -3.56. The van der Waals surface area contributed by atoms with Crippen molar-refractivity contribution < 1.29 is 13.2 Å². The lowest BCUT2D eigenvalue weighted by Crippen LogP contribution is -2.43. The number of nitrogens with one attached hydrogen (secondary N) is 1. The van der Waals surface area contributed by atoms with Crippen LogP contribution < -0.4 is 5.32 Å². The van der Waals surface area contributed by atoms with Crippen molar-refractivity contribution in [2.24, 2.45) is 5.92 Å². The zero-order valence-electron chi connectivity index (χ0n) is 16.1. The molecule has 0 unspecified atom stereocenters. The summed E-state index contributed by atoms with van der Waals surface area (Å²) >= 11 is 12.2. The van der Waals surface area contributed by atoms with E-state index in [0.717, 1.165) is 5.56 Å². The van der Waals surface area contributed by atoms with E-state index < -0.39 is 10.0 Å². The van der Waals surface area contributed by atoms with E-state index in [-0.39, 0.29) is 23.6 Å². The zero-order chi connectivity index (χ0) is 21.0. The smallest absolute Gasteiger partial charge is 0.223 e. The van der Waals surface area contributed by atoms with Gasteiger partial charge in [0, 0.05) is 34.6 Å². The van der Waals surface area contributed by atoms with Crippen molar-refractivity contribution in [3.8, 4) is 0 Å². The molecule has 1 aliphatic rings. The zero-order valence-corrected chi connectivity index (χ0v) is 18.5. The van der Waals surface area contributed by atoms with E-state index in [1.807, 2.05) is 37.3 Å². The molecule has 5 nitrogen and oxygen atoms in total. The van der Waals surface area contributed by atoms with Crippen LogP contribution in [0.4, 0.5) is 0 Å². The Morgan fingerprint density at radius 2 is 1.66 bits per heavy atom. The van der Waals surface area contributed by atoms with Crippen molar-refractivity contribution in [3.05, 3.63) is 69.7 Å². The maximum atomic E-state index is 12.8.